The predicted molar refractivity (Wildman–Crippen MR) is 46.1 cm³/mol. The molecule has 2 N–H and O–H groups in total. The van der Waals surface area contributed by atoms with Gasteiger partial charge in [-0.3, -0.25) is 0 Å². The Balaban J connectivity index is 0. The summed E-state index contributed by atoms with van der Waals surface area (Å²) in [4.78, 5) is 0. The number of aryl methyl sites for hydroxylation is 1. The van der Waals surface area contributed by atoms with E-state index in [1.807, 2.05) is 32.0 Å². The molecule has 0 atom stereocenters. The quantitative estimate of drug-likeness (QED) is 0.529. The van der Waals surface area contributed by atoms with Gasteiger partial charge in [-0.25, -0.2) is 0 Å². The van der Waals surface area contributed by atoms with Gasteiger partial charge in [-0.2, -0.15) is 0 Å². The summed E-state index contributed by atoms with van der Waals surface area (Å²) >= 11 is 0. The van der Waals surface area contributed by atoms with E-state index >= 15 is 0 Å². The Morgan fingerprint density at radius 2 is 1.30 bits per heavy atom. The Morgan fingerprint density at radius 3 is 1.50 bits per heavy atom. The molecule has 0 bridgehead atoms. The van der Waals surface area contributed by atoms with E-state index in [0.717, 1.165) is 0 Å². The zero-order valence-electron chi connectivity index (χ0n) is 6.89. The molecule has 0 aliphatic carbocycles. The van der Waals surface area contributed by atoms with Gasteiger partial charge in [-0.1, -0.05) is 49.7 Å². The Labute approximate surface area is 63.0 Å². The minimum Gasteiger partial charge on any atom is -0.412 e. The molecule has 1 nitrogen and oxygen atoms in total. The minimum atomic E-state index is 0. The largest absolute Gasteiger partial charge is 0.412 e. The fourth-order valence-electron chi connectivity index (χ4n) is 0.534. The van der Waals surface area contributed by atoms with E-state index in [1.54, 1.807) is 0 Å². The Kier molecular flexibility index (Phi) is 9.75. The third-order valence-corrected chi connectivity index (χ3v) is 0.940. The first kappa shape index (κ1) is 11.9. The molecule has 0 saturated carbocycles. The van der Waals surface area contributed by atoms with Crippen molar-refractivity contribution in [3.8, 4) is 0 Å². The normalized spacial score (nSPS) is 6.70. The van der Waals surface area contributed by atoms with Gasteiger partial charge in [0, 0.05) is 0 Å². The van der Waals surface area contributed by atoms with Gasteiger partial charge >= 0.3 is 0 Å². The highest BCUT2D eigenvalue weighted by molar-refractivity contribution is 5.11. The van der Waals surface area contributed by atoms with Gasteiger partial charge in [0.1, 0.15) is 0 Å². The SMILES string of the molecule is CC.Cc1ccccc1.O. The second-order valence-corrected chi connectivity index (χ2v) is 1.65. The first-order valence-electron chi connectivity index (χ1n) is 3.41. The second kappa shape index (κ2) is 8.18. The van der Waals surface area contributed by atoms with Gasteiger partial charge in [0.05, 0.1) is 0 Å². The smallest absolute Gasteiger partial charge is 0.0398 e. The minimum absolute atomic E-state index is 0. The van der Waals surface area contributed by atoms with Crippen molar-refractivity contribution >= 4 is 0 Å². The van der Waals surface area contributed by atoms with Gasteiger partial charge in [0.15, 0.2) is 0 Å². The van der Waals surface area contributed by atoms with Crippen LogP contribution in [-0.2, 0) is 0 Å². The molecule has 0 radical (unpaired) electrons. The average Bonchev–Trinajstić information content (AvgIpc) is 1.94. The van der Waals surface area contributed by atoms with Crippen LogP contribution >= 0.6 is 0 Å². The van der Waals surface area contributed by atoms with E-state index in [4.69, 9.17) is 0 Å². The van der Waals surface area contributed by atoms with Crippen LogP contribution < -0.4 is 0 Å². The van der Waals surface area contributed by atoms with E-state index < -0.39 is 0 Å². The zero-order chi connectivity index (χ0) is 7.11. The van der Waals surface area contributed by atoms with E-state index in [2.05, 4.69) is 19.1 Å². The van der Waals surface area contributed by atoms with Gasteiger partial charge in [-0.05, 0) is 6.92 Å². The Bertz CT molecular complexity index is 135. The van der Waals surface area contributed by atoms with Crippen LogP contribution in [0.15, 0.2) is 30.3 Å². The molecular weight excluding hydrogens is 124 g/mol. The molecule has 1 heteroatoms. The molecule has 0 spiro atoms. The lowest BCUT2D eigenvalue weighted by Crippen LogP contribution is -1.62. The average molecular weight is 140 g/mol. The van der Waals surface area contributed by atoms with E-state index in [-0.39, 0.29) is 5.48 Å². The molecule has 1 rings (SSSR count). The second-order valence-electron chi connectivity index (χ2n) is 1.65. The van der Waals surface area contributed by atoms with Crippen molar-refractivity contribution in [1.82, 2.24) is 0 Å². The number of benzene rings is 1. The molecular formula is C9H16O. The maximum atomic E-state index is 2.08. The molecule has 0 aromatic heterocycles. The fourth-order valence-corrected chi connectivity index (χ4v) is 0.534. The van der Waals surface area contributed by atoms with E-state index in [1.165, 1.54) is 5.56 Å². The van der Waals surface area contributed by atoms with Crippen molar-refractivity contribution in [2.45, 2.75) is 20.8 Å². The highest BCUT2D eigenvalue weighted by Gasteiger charge is 1.72. The van der Waals surface area contributed by atoms with Crippen LogP contribution in [-0.4, -0.2) is 5.48 Å². The van der Waals surface area contributed by atoms with Crippen LogP contribution in [0.4, 0.5) is 0 Å². The summed E-state index contributed by atoms with van der Waals surface area (Å²) in [6.45, 7) is 6.08. The fraction of sp³-hybridized carbons (Fsp3) is 0.333. The topological polar surface area (TPSA) is 31.5 Å². The predicted octanol–water partition coefficient (Wildman–Crippen LogP) is 2.20. The van der Waals surface area contributed by atoms with Crippen LogP contribution in [0, 0.1) is 6.92 Å². The highest BCUT2D eigenvalue weighted by atomic mass is 16.0. The third-order valence-electron chi connectivity index (χ3n) is 0.940. The summed E-state index contributed by atoms with van der Waals surface area (Å²) in [6.07, 6.45) is 0. The lowest BCUT2D eigenvalue weighted by atomic mass is 10.2. The van der Waals surface area contributed by atoms with Crippen molar-refractivity contribution in [3.63, 3.8) is 0 Å². The van der Waals surface area contributed by atoms with Gasteiger partial charge < -0.3 is 5.48 Å². The van der Waals surface area contributed by atoms with Crippen LogP contribution in [0.5, 0.6) is 0 Å². The van der Waals surface area contributed by atoms with Crippen molar-refractivity contribution in [2.75, 3.05) is 0 Å². The van der Waals surface area contributed by atoms with Crippen LogP contribution in [0.2, 0.25) is 0 Å². The molecule has 0 saturated heterocycles. The van der Waals surface area contributed by atoms with Crippen molar-refractivity contribution in [2.24, 2.45) is 0 Å². The van der Waals surface area contributed by atoms with Crippen LogP contribution in [0.1, 0.15) is 19.4 Å². The molecule has 1 aromatic carbocycles. The molecule has 0 heterocycles. The van der Waals surface area contributed by atoms with Gasteiger partial charge in [0.2, 0.25) is 0 Å². The number of hydrogen-bond acceptors (Lipinski definition) is 0. The third kappa shape index (κ3) is 5.32. The van der Waals surface area contributed by atoms with E-state index in [9.17, 15) is 0 Å². The molecule has 58 valence electrons. The lowest BCUT2D eigenvalue weighted by molar-refractivity contribution is 0.824. The molecule has 0 amide bonds. The Morgan fingerprint density at radius 1 is 0.900 bits per heavy atom. The lowest BCUT2D eigenvalue weighted by Gasteiger charge is -1.82. The molecule has 0 unspecified atom stereocenters. The van der Waals surface area contributed by atoms with Gasteiger partial charge in [0.25, 0.3) is 0 Å². The van der Waals surface area contributed by atoms with E-state index in [0.29, 0.717) is 0 Å². The molecule has 10 heavy (non-hydrogen) atoms. The summed E-state index contributed by atoms with van der Waals surface area (Å²) in [5, 5.41) is 0. The van der Waals surface area contributed by atoms with Crippen molar-refractivity contribution in [3.05, 3.63) is 35.9 Å². The Hall–Kier alpha value is -0.820. The van der Waals surface area contributed by atoms with Crippen molar-refractivity contribution in [1.29, 1.82) is 0 Å². The summed E-state index contributed by atoms with van der Waals surface area (Å²) in [6, 6.07) is 10.3. The zero-order valence-corrected chi connectivity index (χ0v) is 6.89. The summed E-state index contributed by atoms with van der Waals surface area (Å²) in [7, 11) is 0. The standard InChI is InChI=1S/C7H8.C2H6.H2O/c1-7-5-3-2-4-6-7;1-2;/h2-6H,1H3;1-2H3;1H2. The summed E-state index contributed by atoms with van der Waals surface area (Å²) in [5.41, 5.74) is 1.32. The molecule has 0 fully saturated rings. The maximum absolute atomic E-state index is 2.08. The van der Waals surface area contributed by atoms with Crippen molar-refractivity contribution < 1.29 is 5.48 Å². The number of rotatable bonds is 0. The van der Waals surface area contributed by atoms with Crippen LogP contribution in [0.25, 0.3) is 0 Å². The summed E-state index contributed by atoms with van der Waals surface area (Å²) < 4.78 is 0. The maximum Gasteiger partial charge on any atom is -0.0398 e. The summed E-state index contributed by atoms with van der Waals surface area (Å²) in [5.74, 6) is 0. The van der Waals surface area contributed by atoms with Gasteiger partial charge in [-0.15, -0.1) is 0 Å². The monoisotopic (exact) mass is 140 g/mol. The first-order valence-corrected chi connectivity index (χ1v) is 3.41. The van der Waals surface area contributed by atoms with Crippen LogP contribution in [0.3, 0.4) is 0 Å². The molecule has 0 aliphatic rings. The number of hydrogen-bond donors (Lipinski definition) is 0. The molecule has 0 aliphatic heterocycles. The highest BCUT2D eigenvalue weighted by Crippen LogP contribution is 1.92. The first-order chi connectivity index (χ1) is 4.39. The molecule has 1 aromatic rings.